The maximum atomic E-state index is 8.05. The van der Waals surface area contributed by atoms with E-state index < -0.39 is 9.05 Å². The third-order valence-corrected chi connectivity index (χ3v) is 1.01. The molecule has 0 saturated heterocycles. The van der Waals surface area contributed by atoms with Crippen LogP contribution in [0.1, 0.15) is 8.35 Å². The van der Waals surface area contributed by atoms with Crippen molar-refractivity contribution in [1.29, 1.82) is 0 Å². The summed E-state index contributed by atoms with van der Waals surface area (Å²) in [6.07, 6.45) is 0. The Morgan fingerprint density at radius 3 is 1.88 bits per heavy atom. The van der Waals surface area contributed by atoms with Crippen LogP contribution in [0.15, 0.2) is 0 Å². The molecule has 8 heavy (non-hydrogen) atoms. The summed E-state index contributed by atoms with van der Waals surface area (Å²) < 4.78 is 4.03. The van der Waals surface area contributed by atoms with Gasteiger partial charge in [0.25, 0.3) is 0 Å². The van der Waals surface area contributed by atoms with Crippen molar-refractivity contribution in [3.63, 3.8) is 0 Å². The fourth-order valence-corrected chi connectivity index (χ4v) is 0.581. The van der Waals surface area contributed by atoms with Gasteiger partial charge in [-0.05, 0) is 6.92 Å². The second-order valence-corrected chi connectivity index (χ2v) is 2.44. The van der Waals surface area contributed by atoms with E-state index in [-0.39, 0.29) is 26.9 Å². The van der Waals surface area contributed by atoms with E-state index in [0.29, 0.717) is 0 Å². The number of hydrogen-bond acceptors (Lipinski definition) is 4. The van der Waals surface area contributed by atoms with Gasteiger partial charge >= 0.3 is 27.9 Å². The molecule has 4 nitrogen and oxygen atoms in total. The van der Waals surface area contributed by atoms with E-state index >= 15 is 0 Å². The van der Waals surface area contributed by atoms with E-state index in [9.17, 15) is 0 Å². The average molecular weight is 132 g/mol. The first-order valence-electron chi connectivity index (χ1n) is 1.87. The number of hydrogen-bond donors (Lipinski definition) is 3. The Morgan fingerprint density at radius 1 is 1.50 bits per heavy atom. The van der Waals surface area contributed by atoms with Crippen molar-refractivity contribution in [3.05, 3.63) is 0 Å². The van der Waals surface area contributed by atoms with Crippen molar-refractivity contribution in [3.8, 4) is 0 Å². The standard InChI is InChI=1S/C2H8O4Si.Li.H/c1-2-6-7(3,4)5;;/h3-5H,2H2,1H3;;/q;+1;-1. The summed E-state index contributed by atoms with van der Waals surface area (Å²) in [5, 5.41) is 0. The second kappa shape index (κ2) is 4.53. The zero-order valence-corrected chi connectivity index (χ0v) is 5.96. The molecule has 0 aliphatic carbocycles. The van der Waals surface area contributed by atoms with Crippen molar-refractivity contribution < 1.29 is 39.1 Å². The van der Waals surface area contributed by atoms with Crippen LogP contribution in [0.2, 0.25) is 0 Å². The first-order chi connectivity index (χ1) is 3.06. The van der Waals surface area contributed by atoms with Gasteiger partial charge in [-0.25, -0.2) is 0 Å². The van der Waals surface area contributed by atoms with Crippen LogP contribution in [0.4, 0.5) is 0 Å². The van der Waals surface area contributed by atoms with Gasteiger partial charge in [-0.15, -0.1) is 0 Å². The van der Waals surface area contributed by atoms with Crippen LogP contribution >= 0.6 is 0 Å². The molecular weight excluding hydrogens is 123 g/mol. The Bertz CT molecular complexity index is 57.0. The molecule has 0 unspecified atom stereocenters. The molecule has 0 aromatic carbocycles. The Balaban J connectivity index is -0.000000180. The van der Waals surface area contributed by atoms with Gasteiger partial charge in [0, 0.05) is 6.61 Å². The summed E-state index contributed by atoms with van der Waals surface area (Å²) in [6, 6.07) is 0. The topological polar surface area (TPSA) is 69.9 Å². The fraction of sp³-hybridized carbons (Fsp3) is 1.00. The summed E-state index contributed by atoms with van der Waals surface area (Å²) in [7, 11) is -4.16. The molecule has 0 bridgehead atoms. The summed E-state index contributed by atoms with van der Waals surface area (Å²) >= 11 is 0. The first-order valence-corrected chi connectivity index (χ1v) is 3.62. The van der Waals surface area contributed by atoms with Crippen molar-refractivity contribution in [2.24, 2.45) is 0 Å². The molecule has 0 spiro atoms. The quantitative estimate of drug-likeness (QED) is 0.331. The van der Waals surface area contributed by atoms with Crippen LogP contribution in [0.25, 0.3) is 0 Å². The van der Waals surface area contributed by atoms with Crippen molar-refractivity contribution in [2.45, 2.75) is 6.92 Å². The smallest absolute Gasteiger partial charge is 1.00 e. The maximum Gasteiger partial charge on any atom is 1.00 e. The minimum absolute atomic E-state index is 0. The van der Waals surface area contributed by atoms with E-state index in [1.54, 1.807) is 6.92 Å². The summed E-state index contributed by atoms with van der Waals surface area (Å²) in [5.74, 6) is 0. The van der Waals surface area contributed by atoms with Gasteiger partial charge in [-0.3, -0.25) is 0 Å². The first kappa shape index (κ1) is 11.5. The van der Waals surface area contributed by atoms with Crippen LogP contribution < -0.4 is 18.9 Å². The minimum Gasteiger partial charge on any atom is -1.00 e. The summed E-state index contributed by atoms with van der Waals surface area (Å²) in [6.45, 7) is 1.68. The Labute approximate surface area is 62.3 Å². The molecule has 3 N–H and O–H groups in total. The molecule has 0 heterocycles. The average Bonchev–Trinajstić information content (AvgIpc) is 1.30. The monoisotopic (exact) mass is 132 g/mol. The molecule has 0 fully saturated rings. The van der Waals surface area contributed by atoms with E-state index in [1.807, 2.05) is 0 Å². The van der Waals surface area contributed by atoms with E-state index in [0.717, 1.165) is 0 Å². The SMILES string of the molecule is CCO[Si](O)(O)O.[H-].[Li+]. The van der Waals surface area contributed by atoms with Gasteiger partial charge in [0.15, 0.2) is 0 Å². The van der Waals surface area contributed by atoms with Gasteiger partial charge in [0.1, 0.15) is 0 Å². The van der Waals surface area contributed by atoms with Gasteiger partial charge < -0.3 is 20.2 Å². The van der Waals surface area contributed by atoms with E-state index in [1.165, 1.54) is 0 Å². The maximum absolute atomic E-state index is 8.05. The fourth-order valence-electron chi connectivity index (χ4n) is 0.194. The molecule has 6 heteroatoms. The molecule has 46 valence electrons. The molecule has 0 aliphatic rings. The van der Waals surface area contributed by atoms with Gasteiger partial charge in [-0.2, -0.15) is 0 Å². The third kappa shape index (κ3) is 9.82. The summed E-state index contributed by atoms with van der Waals surface area (Å²) in [4.78, 5) is 24.1. The summed E-state index contributed by atoms with van der Waals surface area (Å²) in [5.41, 5.74) is 0. The molecule has 0 aromatic rings. The van der Waals surface area contributed by atoms with Crippen molar-refractivity contribution in [2.75, 3.05) is 6.61 Å². The normalized spacial score (nSPS) is 10.5. The van der Waals surface area contributed by atoms with Crippen LogP contribution in [-0.2, 0) is 4.43 Å². The van der Waals surface area contributed by atoms with Crippen molar-refractivity contribution >= 4 is 9.05 Å². The van der Waals surface area contributed by atoms with Crippen LogP contribution in [0, 0.1) is 0 Å². The molecule has 0 aliphatic heterocycles. The molecule has 0 aromatic heterocycles. The Morgan fingerprint density at radius 2 is 1.88 bits per heavy atom. The Hall–Kier alpha value is 0.654. The van der Waals surface area contributed by atoms with Crippen molar-refractivity contribution in [1.82, 2.24) is 0 Å². The zero-order valence-electron chi connectivity index (χ0n) is 5.96. The molecule has 0 radical (unpaired) electrons. The van der Waals surface area contributed by atoms with Crippen LogP contribution in [-0.4, -0.2) is 30.0 Å². The predicted octanol–water partition coefficient (Wildman–Crippen LogP) is -4.45. The van der Waals surface area contributed by atoms with Gasteiger partial charge in [0.05, 0.1) is 0 Å². The third-order valence-electron chi connectivity index (χ3n) is 0.338. The van der Waals surface area contributed by atoms with Gasteiger partial charge in [0.2, 0.25) is 0 Å². The Kier molecular flexibility index (Phi) is 6.48. The molecular formula is C2H9LiO4Si. The molecule has 0 atom stereocenters. The van der Waals surface area contributed by atoms with Crippen LogP contribution in [0.5, 0.6) is 0 Å². The van der Waals surface area contributed by atoms with Crippen LogP contribution in [0.3, 0.4) is 0 Å². The number of rotatable bonds is 2. The zero-order chi connectivity index (χ0) is 5.91. The predicted molar refractivity (Wildman–Crippen MR) is 25.1 cm³/mol. The van der Waals surface area contributed by atoms with Gasteiger partial charge in [-0.1, -0.05) is 0 Å². The van der Waals surface area contributed by atoms with E-state index in [2.05, 4.69) is 4.43 Å². The van der Waals surface area contributed by atoms with E-state index in [4.69, 9.17) is 14.4 Å². The second-order valence-electron chi connectivity index (χ2n) is 1.01. The molecule has 0 rings (SSSR count). The molecule has 0 amide bonds. The largest absolute Gasteiger partial charge is 1.00 e. The molecule has 0 saturated carbocycles. The minimum atomic E-state index is -4.16.